The number of benzene rings is 2. The fourth-order valence-corrected chi connectivity index (χ4v) is 2.04. The van der Waals surface area contributed by atoms with Gasteiger partial charge < -0.3 is 16.0 Å². The molecule has 0 heterocycles. The second kappa shape index (κ2) is 7.26. The van der Waals surface area contributed by atoms with Gasteiger partial charge in [0, 0.05) is 22.0 Å². The van der Waals surface area contributed by atoms with Gasteiger partial charge in [0.15, 0.2) is 5.96 Å². The maximum Gasteiger partial charge on any atom is 0.197 e. The van der Waals surface area contributed by atoms with Gasteiger partial charge in [-0.05, 0) is 71.1 Å². The SMILES string of the molecule is CN(C(N)=NCNc1ccc(I)cc1)c1ccc(F)cc1. The molecule has 0 spiro atoms. The van der Waals surface area contributed by atoms with Crippen molar-refractivity contribution in [3.8, 4) is 0 Å². The molecule has 0 bridgehead atoms. The normalized spacial score (nSPS) is 11.3. The van der Waals surface area contributed by atoms with Gasteiger partial charge in [-0.3, -0.25) is 0 Å². The highest BCUT2D eigenvalue weighted by atomic mass is 127. The largest absolute Gasteiger partial charge is 0.369 e. The van der Waals surface area contributed by atoms with Crippen LogP contribution in [0.2, 0.25) is 0 Å². The summed E-state index contributed by atoms with van der Waals surface area (Å²) in [5.74, 6) is 0.0858. The molecule has 0 aliphatic carbocycles. The van der Waals surface area contributed by atoms with Crippen LogP contribution in [0.4, 0.5) is 15.8 Å². The minimum atomic E-state index is -0.275. The van der Waals surface area contributed by atoms with Crippen LogP contribution < -0.4 is 16.0 Å². The second-order valence-electron chi connectivity index (χ2n) is 4.39. The molecule has 0 saturated heterocycles. The Morgan fingerprint density at radius 2 is 1.81 bits per heavy atom. The van der Waals surface area contributed by atoms with Gasteiger partial charge in [-0.1, -0.05) is 0 Å². The molecule has 6 heteroatoms. The van der Waals surface area contributed by atoms with Gasteiger partial charge in [-0.25, -0.2) is 9.38 Å². The fraction of sp³-hybridized carbons (Fsp3) is 0.133. The number of halogens is 2. The van der Waals surface area contributed by atoms with Gasteiger partial charge >= 0.3 is 0 Å². The highest BCUT2D eigenvalue weighted by molar-refractivity contribution is 14.1. The number of hydrogen-bond acceptors (Lipinski definition) is 2. The van der Waals surface area contributed by atoms with Gasteiger partial charge in [0.05, 0.1) is 0 Å². The Balaban J connectivity index is 1.94. The molecule has 110 valence electrons. The average molecular weight is 398 g/mol. The highest BCUT2D eigenvalue weighted by Crippen LogP contribution is 2.13. The quantitative estimate of drug-likeness (QED) is 0.473. The molecule has 0 atom stereocenters. The highest BCUT2D eigenvalue weighted by Gasteiger charge is 2.04. The molecular formula is C15H16FIN4. The van der Waals surface area contributed by atoms with Crippen LogP contribution in [0.25, 0.3) is 0 Å². The van der Waals surface area contributed by atoms with Crippen molar-refractivity contribution >= 4 is 39.9 Å². The Kier molecular flexibility index (Phi) is 5.38. The number of anilines is 2. The molecule has 2 rings (SSSR count). The summed E-state index contributed by atoms with van der Waals surface area (Å²) in [5.41, 5.74) is 7.68. The Morgan fingerprint density at radius 3 is 2.43 bits per heavy atom. The van der Waals surface area contributed by atoms with E-state index in [0.29, 0.717) is 12.6 Å². The number of nitrogens with two attached hydrogens (primary N) is 1. The average Bonchev–Trinajstić information content (AvgIpc) is 2.49. The Bertz CT molecular complexity index is 611. The Labute approximate surface area is 137 Å². The molecule has 0 unspecified atom stereocenters. The fourth-order valence-electron chi connectivity index (χ4n) is 1.68. The summed E-state index contributed by atoms with van der Waals surface area (Å²) in [4.78, 5) is 5.96. The van der Waals surface area contributed by atoms with Crippen molar-refractivity contribution in [3.05, 3.63) is 57.9 Å². The molecule has 0 fully saturated rings. The lowest BCUT2D eigenvalue weighted by molar-refractivity contribution is 0.628. The standard InChI is InChI=1S/C15H16FIN4/c1-21(14-8-2-11(16)3-9-14)15(18)20-10-19-13-6-4-12(17)5-7-13/h2-9,19H,10H2,1H3,(H2,18,20). The number of aliphatic imine (C=N–C) groups is 1. The number of nitrogens with one attached hydrogen (secondary N) is 1. The van der Waals surface area contributed by atoms with Crippen LogP contribution in [0, 0.1) is 9.39 Å². The summed E-state index contributed by atoms with van der Waals surface area (Å²) in [6.07, 6.45) is 0. The van der Waals surface area contributed by atoms with E-state index >= 15 is 0 Å². The zero-order chi connectivity index (χ0) is 15.2. The Morgan fingerprint density at radius 1 is 1.19 bits per heavy atom. The Hall–Kier alpha value is -1.83. The monoisotopic (exact) mass is 398 g/mol. The summed E-state index contributed by atoms with van der Waals surface area (Å²) in [7, 11) is 1.79. The topological polar surface area (TPSA) is 53.6 Å². The van der Waals surface area contributed by atoms with E-state index < -0.39 is 0 Å². The van der Waals surface area contributed by atoms with E-state index in [0.717, 1.165) is 11.4 Å². The van der Waals surface area contributed by atoms with E-state index in [1.807, 2.05) is 24.3 Å². The zero-order valence-corrected chi connectivity index (χ0v) is 13.7. The molecule has 2 aromatic carbocycles. The van der Waals surface area contributed by atoms with Crippen LogP contribution in [-0.2, 0) is 0 Å². The van der Waals surface area contributed by atoms with Crippen molar-refractivity contribution in [3.63, 3.8) is 0 Å². The summed E-state index contributed by atoms with van der Waals surface area (Å²) in [5, 5.41) is 3.16. The minimum Gasteiger partial charge on any atom is -0.369 e. The van der Waals surface area contributed by atoms with E-state index in [4.69, 9.17) is 5.73 Å². The predicted molar refractivity (Wildman–Crippen MR) is 94.1 cm³/mol. The van der Waals surface area contributed by atoms with Crippen molar-refractivity contribution in [2.45, 2.75) is 0 Å². The van der Waals surface area contributed by atoms with Crippen molar-refractivity contribution in [2.75, 3.05) is 23.9 Å². The third kappa shape index (κ3) is 4.59. The van der Waals surface area contributed by atoms with E-state index in [1.165, 1.54) is 15.7 Å². The molecule has 21 heavy (non-hydrogen) atoms. The number of guanidine groups is 1. The van der Waals surface area contributed by atoms with E-state index in [-0.39, 0.29) is 5.82 Å². The molecule has 0 aliphatic rings. The van der Waals surface area contributed by atoms with Crippen LogP contribution in [0.5, 0.6) is 0 Å². The van der Waals surface area contributed by atoms with Gasteiger partial charge in [0.1, 0.15) is 12.5 Å². The molecule has 2 aromatic rings. The molecule has 0 radical (unpaired) electrons. The van der Waals surface area contributed by atoms with Gasteiger partial charge in [-0.2, -0.15) is 0 Å². The summed E-state index contributed by atoms with van der Waals surface area (Å²) < 4.78 is 14.1. The molecule has 0 saturated carbocycles. The van der Waals surface area contributed by atoms with Crippen molar-refractivity contribution < 1.29 is 4.39 Å². The molecular weight excluding hydrogens is 382 g/mol. The number of hydrogen-bond donors (Lipinski definition) is 2. The lowest BCUT2D eigenvalue weighted by atomic mass is 10.3. The van der Waals surface area contributed by atoms with E-state index in [2.05, 4.69) is 32.9 Å². The number of nitrogens with zero attached hydrogens (tertiary/aromatic N) is 2. The number of rotatable bonds is 4. The van der Waals surface area contributed by atoms with Gasteiger partial charge in [0.2, 0.25) is 0 Å². The van der Waals surface area contributed by atoms with Crippen LogP contribution in [0.1, 0.15) is 0 Å². The third-order valence-electron chi connectivity index (χ3n) is 2.93. The smallest absolute Gasteiger partial charge is 0.197 e. The maximum atomic E-state index is 12.9. The second-order valence-corrected chi connectivity index (χ2v) is 5.64. The van der Waals surface area contributed by atoms with Crippen molar-refractivity contribution in [1.29, 1.82) is 0 Å². The van der Waals surface area contributed by atoms with E-state index in [1.54, 1.807) is 24.1 Å². The van der Waals surface area contributed by atoms with Gasteiger partial charge in [0.25, 0.3) is 0 Å². The lowest BCUT2D eigenvalue weighted by Gasteiger charge is -2.18. The van der Waals surface area contributed by atoms with Crippen LogP contribution in [0.15, 0.2) is 53.5 Å². The van der Waals surface area contributed by atoms with Crippen molar-refractivity contribution in [2.24, 2.45) is 10.7 Å². The van der Waals surface area contributed by atoms with Crippen LogP contribution >= 0.6 is 22.6 Å². The zero-order valence-electron chi connectivity index (χ0n) is 11.6. The van der Waals surface area contributed by atoms with Crippen LogP contribution in [-0.4, -0.2) is 19.7 Å². The molecule has 0 aliphatic heterocycles. The summed E-state index contributed by atoms with van der Waals surface area (Å²) in [6.45, 7) is 0.373. The van der Waals surface area contributed by atoms with Gasteiger partial charge in [-0.15, -0.1) is 0 Å². The van der Waals surface area contributed by atoms with E-state index in [9.17, 15) is 4.39 Å². The minimum absolute atomic E-state index is 0.275. The predicted octanol–water partition coefficient (Wildman–Crippen LogP) is 3.25. The summed E-state index contributed by atoms with van der Waals surface area (Å²) in [6, 6.07) is 14.1. The first-order valence-electron chi connectivity index (χ1n) is 6.35. The molecule has 4 nitrogen and oxygen atoms in total. The summed E-state index contributed by atoms with van der Waals surface area (Å²) >= 11 is 2.25. The molecule has 3 N–H and O–H groups in total. The van der Waals surface area contributed by atoms with Crippen molar-refractivity contribution in [1.82, 2.24) is 0 Å². The first-order chi connectivity index (χ1) is 10.1. The third-order valence-corrected chi connectivity index (χ3v) is 3.65. The first kappa shape index (κ1) is 15.6. The maximum absolute atomic E-state index is 12.9. The first-order valence-corrected chi connectivity index (χ1v) is 7.43. The molecule has 0 aromatic heterocycles. The molecule has 0 amide bonds. The van der Waals surface area contributed by atoms with Crippen LogP contribution in [0.3, 0.4) is 0 Å². The lowest BCUT2D eigenvalue weighted by Crippen LogP contribution is -2.34.